The molecule has 2 fully saturated rings. The van der Waals surface area contributed by atoms with E-state index < -0.39 is 0 Å². The van der Waals surface area contributed by atoms with Crippen LogP contribution in [0.1, 0.15) is 19.8 Å². The summed E-state index contributed by atoms with van der Waals surface area (Å²) in [4.78, 5) is 22.7. The second kappa shape index (κ2) is 4.31. The van der Waals surface area contributed by atoms with Crippen LogP contribution in [-0.4, -0.2) is 31.8 Å². The number of methoxy groups -OCH3 is 1. The summed E-state index contributed by atoms with van der Waals surface area (Å²) in [7, 11) is 1.41. The first-order valence-electron chi connectivity index (χ1n) is 5.68. The smallest absolute Gasteiger partial charge is 0.407 e. The average Bonchev–Trinajstić information content (AvgIpc) is 2.97. The molecule has 2 aliphatic rings. The minimum atomic E-state index is -0.385. The molecule has 1 N–H and O–H groups in total. The monoisotopic (exact) mass is 227 g/mol. The lowest BCUT2D eigenvalue weighted by Gasteiger charge is -2.16. The first-order valence-corrected chi connectivity index (χ1v) is 5.68. The fourth-order valence-electron chi connectivity index (χ4n) is 2.70. The largest absolute Gasteiger partial charge is 0.469 e. The van der Waals surface area contributed by atoms with E-state index in [1.165, 1.54) is 7.11 Å². The fourth-order valence-corrected chi connectivity index (χ4v) is 2.70. The third kappa shape index (κ3) is 1.99. The summed E-state index contributed by atoms with van der Waals surface area (Å²) in [5.74, 6) is 0.649. The number of fused-ring (bicyclic) bond motifs is 1. The number of esters is 1. The number of rotatable bonds is 3. The van der Waals surface area contributed by atoms with Crippen LogP contribution < -0.4 is 5.32 Å². The molecule has 0 aromatic heterocycles. The van der Waals surface area contributed by atoms with E-state index in [1.807, 2.05) is 0 Å². The van der Waals surface area contributed by atoms with Crippen molar-refractivity contribution >= 4 is 12.1 Å². The minimum absolute atomic E-state index is 0.0399. The molecule has 0 unspecified atom stereocenters. The van der Waals surface area contributed by atoms with E-state index in [4.69, 9.17) is 9.47 Å². The van der Waals surface area contributed by atoms with Gasteiger partial charge in [-0.3, -0.25) is 4.79 Å². The predicted molar refractivity (Wildman–Crippen MR) is 55.7 cm³/mol. The predicted octanol–water partition coefficient (Wildman–Crippen LogP) is 0.930. The van der Waals surface area contributed by atoms with Gasteiger partial charge in [0.25, 0.3) is 0 Å². The molecule has 5 heteroatoms. The van der Waals surface area contributed by atoms with Gasteiger partial charge in [0.2, 0.25) is 0 Å². The van der Waals surface area contributed by atoms with Crippen molar-refractivity contribution in [1.29, 1.82) is 0 Å². The van der Waals surface area contributed by atoms with E-state index in [1.54, 1.807) is 6.92 Å². The van der Waals surface area contributed by atoms with Gasteiger partial charge in [0.1, 0.15) is 0 Å². The lowest BCUT2D eigenvalue weighted by atomic mass is 10.0. The lowest BCUT2D eigenvalue weighted by Crippen LogP contribution is -2.36. The standard InChI is InChI=1S/C11H17NO4/c1-3-16-11(14)12-9-5-8(10(13)15-2)6-4-7(6)9/h6-9H,3-5H2,1-2H3,(H,12,14)/t6-,7+,8+,9-/m1/s1. The number of ether oxygens (including phenoxy) is 2. The molecule has 5 nitrogen and oxygen atoms in total. The van der Waals surface area contributed by atoms with Gasteiger partial charge < -0.3 is 14.8 Å². The molecule has 16 heavy (non-hydrogen) atoms. The van der Waals surface area contributed by atoms with Gasteiger partial charge in [-0.1, -0.05) is 0 Å². The van der Waals surface area contributed by atoms with Gasteiger partial charge in [0, 0.05) is 6.04 Å². The molecule has 0 bridgehead atoms. The maximum absolute atomic E-state index is 11.4. The minimum Gasteiger partial charge on any atom is -0.469 e. The average molecular weight is 227 g/mol. The van der Waals surface area contributed by atoms with Crippen LogP contribution in [0.3, 0.4) is 0 Å². The highest BCUT2D eigenvalue weighted by molar-refractivity contribution is 5.74. The summed E-state index contributed by atoms with van der Waals surface area (Å²) < 4.78 is 9.58. The molecular formula is C11H17NO4. The van der Waals surface area contributed by atoms with Crippen molar-refractivity contribution in [3.63, 3.8) is 0 Å². The molecule has 0 aromatic carbocycles. The highest BCUT2D eigenvalue weighted by Crippen LogP contribution is 2.55. The van der Waals surface area contributed by atoms with Crippen LogP contribution in [0, 0.1) is 17.8 Å². The molecule has 0 aliphatic heterocycles. The number of hydrogen-bond acceptors (Lipinski definition) is 4. The molecule has 2 rings (SSSR count). The Morgan fingerprint density at radius 1 is 1.31 bits per heavy atom. The second-order valence-electron chi connectivity index (χ2n) is 4.40. The van der Waals surface area contributed by atoms with Gasteiger partial charge in [-0.15, -0.1) is 0 Å². The molecule has 0 saturated heterocycles. The van der Waals surface area contributed by atoms with Crippen molar-refractivity contribution in [2.24, 2.45) is 17.8 Å². The Kier molecular flexibility index (Phi) is 3.03. The maximum atomic E-state index is 11.4. The number of nitrogens with one attached hydrogen (secondary N) is 1. The van der Waals surface area contributed by atoms with Crippen LogP contribution in [-0.2, 0) is 14.3 Å². The van der Waals surface area contributed by atoms with E-state index in [0.717, 1.165) is 6.42 Å². The topological polar surface area (TPSA) is 64.6 Å². The Bertz CT molecular complexity index is 304. The molecule has 0 radical (unpaired) electrons. The summed E-state index contributed by atoms with van der Waals surface area (Å²) in [6.07, 6.45) is 1.31. The van der Waals surface area contributed by atoms with E-state index in [0.29, 0.717) is 24.9 Å². The van der Waals surface area contributed by atoms with Crippen molar-refractivity contribution in [3.05, 3.63) is 0 Å². The van der Waals surface area contributed by atoms with E-state index in [2.05, 4.69) is 5.32 Å². The van der Waals surface area contributed by atoms with Crippen molar-refractivity contribution in [1.82, 2.24) is 5.32 Å². The maximum Gasteiger partial charge on any atom is 0.407 e. The van der Waals surface area contributed by atoms with E-state index in [9.17, 15) is 9.59 Å². The van der Waals surface area contributed by atoms with Gasteiger partial charge >= 0.3 is 12.1 Å². The zero-order valence-corrected chi connectivity index (χ0v) is 9.56. The van der Waals surface area contributed by atoms with Crippen molar-refractivity contribution < 1.29 is 19.1 Å². The van der Waals surface area contributed by atoms with Crippen molar-refractivity contribution in [3.8, 4) is 0 Å². The summed E-state index contributed by atoms with van der Waals surface area (Å²) in [6.45, 7) is 2.14. The SMILES string of the molecule is CCOC(=O)N[C@@H]1C[C@H](C(=O)OC)[C@@H]2C[C@@H]21. The molecule has 4 atom stereocenters. The lowest BCUT2D eigenvalue weighted by molar-refractivity contribution is -0.146. The van der Waals surface area contributed by atoms with E-state index in [-0.39, 0.29) is 24.0 Å². The van der Waals surface area contributed by atoms with Gasteiger partial charge in [-0.25, -0.2) is 4.79 Å². The second-order valence-corrected chi connectivity index (χ2v) is 4.40. The normalized spacial score (nSPS) is 35.1. The molecule has 0 heterocycles. The summed E-state index contributed by atoms with van der Waals surface area (Å²) in [5, 5.41) is 2.81. The van der Waals surface area contributed by atoms with Crippen LogP contribution in [0.5, 0.6) is 0 Å². The van der Waals surface area contributed by atoms with Crippen LogP contribution in [0.2, 0.25) is 0 Å². The van der Waals surface area contributed by atoms with Crippen LogP contribution in [0.15, 0.2) is 0 Å². The summed E-state index contributed by atoms with van der Waals surface area (Å²) in [6, 6.07) is 0.0770. The summed E-state index contributed by atoms with van der Waals surface area (Å²) >= 11 is 0. The molecule has 2 aliphatic carbocycles. The highest BCUT2D eigenvalue weighted by Gasteiger charge is 2.57. The molecular weight excluding hydrogens is 210 g/mol. The van der Waals surface area contributed by atoms with Crippen LogP contribution in [0.25, 0.3) is 0 Å². The Labute approximate surface area is 94.5 Å². The molecule has 0 spiro atoms. The Morgan fingerprint density at radius 2 is 2.06 bits per heavy atom. The molecule has 90 valence electrons. The first kappa shape index (κ1) is 11.2. The van der Waals surface area contributed by atoms with Crippen molar-refractivity contribution in [2.75, 3.05) is 13.7 Å². The van der Waals surface area contributed by atoms with E-state index >= 15 is 0 Å². The number of hydrogen-bond donors (Lipinski definition) is 1. The fraction of sp³-hybridized carbons (Fsp3) is 0.818. The summed E-state index contributed by atoms with van der Waals surface area (Å²) in [5.41, 5.74) is 0. The van der Waals surface area contributed by atoms with Gasteiger partial charge in [-0.2, -0.15) is 0 Å². The quantitative estimate of drug-likeness (QED) is 0.728. The molecule has 2 saturated carbocycles. The highest BCUT2D eigenvalue weighted by atomic mass is 16.5. The first-order chi connectivity index (χ1) is 7.67. The molecule has 0 aromatic rings. The van der Waals surface area contributed by atoms with Gasteiger partial charge in [0.05, 0.1) is 19.6 Å². The molecule has 1 amide bonds. The van der Waals surface area contributed by atoms with Gasteiger partial charge in [-0.05, 0) is 31.6 Å². The number of alkyl carbamates (subject to hydrolysis) is 1. The zero-order chi connectivity index (χ0) is 11.7. The Morgan fingerprint density at radius 3 is 2.69 bits per heavy atom. The number of carbonyl (C=O) groups excluding carboxylic acids is 2. The van der Waals surface area contributed by atoms with Crippen molar-refractivity contribution in [2.45, 2.75) is 25.8 Å². The van der Waals surface area contributed by atoms with Gasteiger partial charge in [0.15, 0.2) is 0 Å². The Balaban J connectivity index is 1.86. The zero-order valence-electron chi connectivity index (χ0n) is 9.56. The Hall–Kier alpha value is -1.26. The third-order valence-corrected chi connectivity index (χ3v) is 3.52. The third-order valence-electron chi connectivity index (χ3n) is 3.52. The number of amides is 1. The van der Waals surface area contributed by atoms with Crippen LogP contribution in [0.4, 0.5) is 4.79 Å². The number of carbonyl (C=O) groups is 2. The van der Waals surface area contributed by atoms with Crippen LogP contribution >= 0.6 is 0 Å².